The molecule has 0 N–H and O–H groups in total. The van der Waals surface area contributed by atoms with Crippen LogP contribution in [0.1, 0.15) is 20.8 Å². The highest BCUT2D eigenvalue weighted by atomic mass is 14.1. The van der Waals surface area contributed by atoms with Gasteiger partial charge in [-0.25, -0.2) is 0 Å². The van der Waals surface area contributed by atoms with Crippen molar-refractivity contribution >= 4 is 0 Å². The van der Waals surface area contributed by atoms with E-state index in [1.807, 2.05) is 19.1 Å². The first-order valence-corrected chi connectivity index (χ1v) is 3.46. The standard InChI is InChI=1S/C10H16/c1-6-10(4,5)8-7-9(2)3/h6-8H,1-2H2,3-5H3. The van der Waals surface area contributed by atoms with Crippen molar-refractivity contribution in [3.63, 3.8) is 0 Å². The molecule has 0 unspecified atom stereocenters. The van der Waals surface area contributed by atoms with Crippen LogP contribution >= 0.6 is 0 Å². The fourth-order valence-corrected chi connectivity index (χ4v) is 0.425. The highest BCUT2D eigenvalue weighted by molar-refractivity contribution is 5.16. The molecule has 0 heteroatoms. The Balaban J connectivity index is 4.12. The first-order valence-electron chi connectivity index (χ1n) is 3.46. The van der Waals surface area contributed by atoms with E-state index in [1.54, 1.807) is 0 Å². The maximum atomic E-state index is 3.77. The summed E-state index contributed by atoms with van der Waals surface area (Å²) < 4.78 is 0. The predicted octanol–water partition coefficient (Wildman–Crippen LogP) is 3.33. The van der Waals surface area contributed by atoms with Gasteiger partial charge in [-0.1, -0.05) is 44.2 Å². The van der Waals surface area contributed by atoms with Crippen LogP contribution in [0.4, 0.5) is 0 Å². The van der Waals surface area contributed by atoms with E-state index < -0.39 is 0 Å². The van der Waals surface area contributed by atoms with Crippen molar-refractivity contribution in [3.05, 3.63) is 37.0 Å². The van der Waals surface area contributed by atoms with E-state index in [0.29, 0.717) is 0 Å². The molecule has 0 spiro atoms. The van der Waals surface area contributed by atoms with Gasteiger partial charge in [-0.2, -0.15) is 0 Å². The van der Waals surface area contributed by atoms with Gasteiger partial charge in [0.15, 0.2) is 0 Å². The Morgan fingerprint density at radius 2 is 1.90 bits per heavy atom. The van der Waals surface area contributed by atoms with E-state index in [1.165, 1.54) is 0 Å². The molecular weight excluding hydrogens is 120 g/mol. The highest BCUT2D eigenvalue weighted by Crippen LogP contribution is 2.18. The second-order valence-electron chi connectivity index (χ2n) is 3.21. The Labute approximate surface area is 64.0 Å². The van der Waals surface area contributed by atoms with Crippen molar-refractivity contribution in [1.82, 2.24) is 0 Å². The molecule has 0 aromatic carbocycles. The van der Waals surface area contributed by atoms with Crippen molar-refractivity contribution in [2.24, 2.45) is 5.41 Å². The van der Waals surface area contributed by atoms with Crippen LogP contribution in [-0.2, 0) is 0 Å². The summed E-state index contributed by atoms with van der Waals surface area (Å²) in [5.74, 6) is 0. The van der Waals surface area contributed by atoms with Crippen molar-refractivity contribution in [3.8, 4) is 0 Å². The lowest BCUT2D eigenvalue weighted by molar-refractivity contribution is 0.627. The molecule has 56 valence electrons. The fourth-order valence-electron chi connectivity index (χ4n) is 0.425. The lowest BCUT2D eigenvalue weighted by Crippen LogP contribution is -2.00. The van der Waals surface area contributed by atoms with Crippen molar-refractivity contribution in [1.29, 1.82) is 0 Å². The molecule has 0 aromatic heterocycles. The Hall–Kier alpha value is -0.780. The third-order valence-electron chi connectivity index (χ3n) is 1.32. The van der Waals surface area contributed by atoms with E-state index >= 15 is 0 Å². The molecule has 0 aliphatic heterocycles. The third-order valence-corrected chi connectivity index (χ3v) is 1.32. The monoisotopic (exact) mass is 136 g/mol. The number of rotatable bonds is 3. The highest BCUT2D eigenvalue weighted by Gasteiger charge is 2.05. The van der Waals surface area contributed by atoms with Gasteiger partial charge in [-0.05, 0) is 6.92 Å². The summed E-state index contributed by atoms with van der Waals surface area (Å²) in [7, 11) is 0. The average molecular weight is 136 g/mol. The topological polar surface area (TPSA) is 0 Å². The molecule has 0 aromatic rings. The molecule has 0 bridgehead atoms. The first kappa shape index (κ1) is 9.22. The molecule has 10 heavy (non-hydrogen) atoms. The van der Waals surface area contributed by atoms with E-state index in [0.717, 1.165) is 5.57 Å². The van der Waals surface area contributed by atoms with Gasteiger partial charge in [0.1, 0.15) is 0 Å². The Kier molecular flexibility index (Phi) is 3.14. The van der Waals surface area contributed by atoms with E-state index in [-0.39, 0.29) is 5.41 Å². The first-order chi connectivity index (χ1) is 4.48. The summed E-state index contributed by atoms with van der Waals surface area (Å²) in [6.07, 6.45) is 6.04. The van der Waals surface area contributed by atoms with Crippen LogP contribution < -0.4 is 0 Å². The summed E-state index contributed by atoms with van der Waals surface area (Å²) in [4.78, 5) is 0. The minimum Gasteiger partial charge on any atom is -0.102 e. The van der Waals surface area contributed by atoms with Crippen LogP contribution in [-0.4, -0.2) is 0 Å². The van der Waals surface area contributed by atoms with Crippen molar-refractivity contribution < 1.29 is 0 Å². The molecule has 0 aliphatic rings. The number of allylic oxidation sites excluding steroid dienone is 4. The lowest BCUT2D eigenvalue weighted by Gasteiger charge is -2.12. The van der Waals surface area contributed by atoms with Gasteiger partial charge in [-0.15, -0.1) is 6.58 Å². The van der Waals surface area contributed by atoms with Crippen LogP contribution in [0.5, 0.6) is 0 Å². The van der Waals surface area contributed by atoms with Gasteiger partial charge in [0.05, 0.1) is 0 Å². The average Bonchev–Trinajstić information content (AvgIpc) is 1.85. The minimum atomic E-state index is 0.0962. The number of hydrogen-bond acceptors (Lipinski definition) is 0. The Morgan fingerprint density at radius 1 is 1.40 bits per heavy atom. The SMILES string of the molecule is C=CC(C)(C)C=CC(=C)C. The zero-order valence-corrected chi connectivity index (χ0v) is 7.15. The normalized spacial score (nSPS) is 11.9. The van der Waals surface area contributed by atoms with Gasteiger partial charge in [0.2, 0.25) is 0 Å². The maximum absolute atomic E-state index is 3.77. The molecule has 0 amide bonds. The van der Waals surface area contributed by atoms with Crippen LogP contribution in [0.15, 0.2) is 37.0 Å². The molecule has 0 nitrogen and oxygen atoms in total. The van der Waals surface area contributed by atoms with E-state index in [9.17, 15) is 0 Å². The summed E-state index contributed by atoms with van der Waals surface area (Å²) in [6.45, 7) is 13.7. The van der Waals surface area contributed by atoms with Gasteiger partial charge < -0.3 is 0 Å². The van der Waals surface area contributed by atoms with Gasteiger partial charge in [0, 0.05) is 5.41 Å². The molecule has 0 saturated heterocycles. The quantitative estimate of drug-likeness (QED) is 0.412. The molecular formula is C10H16. The van der Waals surface area contributed by atoms with Gasteiger partial charge in [0.25, 0.3) is 0 Å². The van der Waals surface area contributed by atoms with Crippen molar-refractivity contribution in [2.45, 2.75) is 20.8 Å². The Morgan fingerprint density at radius 3 is 2.20 bits per heavy atom. The molecule has 0 saturated carbocycles. The minimum absolute atomic E-state index is 0.0962. The van der Waals surface area contributed by atoms with Crippen LogP contribution in [0.2, 0.25) is 0 Å². The fraction of sp³-hybridized carbons (Fsp3) is 0.400. The zero-order chi connectivity index (χ0) is 8.20. The second-order valence-corrected chi connectivity index (χ2v) is 3.21. The van der Waals surface area contributed by atoms with E-state index in [4.69, 9.17) is 0 Å². The smallest absolute Gasteiger partial charge is 0.000494 e. The zero-order valence-electron chi connectivity index (χ0n) is 7.15. The van der Waals surface area contributed by atoms with Crippen LogP contribution in [0.25, 0.3) is 0 Å². The van der Waals surface area contributed by atoms with E-state index in [2.05, 4.69) is 33.1 Å². The van der Waals surface area contributed by atoms with Crippen molar-refractivity contribution in [2.75, 3.05) is 0 Å². The van der Waals surface area contributed by atoms with Crippen LogP contribution in [0, 0.1) is 5.41 Å². The maximum Gasteiger partial charge on any atom is 0.000494 e. The molecule has 0 rings (SSSR count). The second kappa shape index (κ2) is 3.40. The molecule has 0 heterocycles. The molecule has 0 radical (unpaired) electrons. The molecule has 0 atom stereocenters. The van der Waals surface area contributed by atoms with Crippen LogP contribution in [0.3, 0.4) is 0 Å². The largest absolute Gasteiger partial charge is 0.102 e. The lowest BCUT2D eigenvalue weighted by atomic mass is 9.93. The predicted molar refractivity (Wildman–Crippen MR) is 47.9 cm³/mol. The summed E-state index contributed by atoms with van der Waals surface area (Å²) >= 11 is 0. The Bertz CT molecular complexity index is 159. The summed E-state index contributed by atoms with van der Waals surface area (Å²) in [5.41, 5.74) is 1.17. The third kappa shape index (κ3) is 4.13. The number of hydrogen-bond donors (Lipinski definition) is 0. The summed E-state index contributed by atoms with van der Waals surface area (Å²) in [5, 5.41) is 0. The molecule has 0 aliphatic carbocycles. The summed E-state index contributed by atoms with van der Waals surface area (Å²) in [6, 6.07) is 0. The van der Waals surface area contributed by atoms with Gasteiger partial charge in [-0.3, -0.25) is 0 Å². The molecule has 0 fully saturated rings. The van der Waals surface area contributed by atoms with Gasteiger partial charge >= 0.3 is 0 Å².